The first-order valence-corrected chi connectivity index (χ1v) is 9.27. The monoisotopic (exact) mass is 354 g/mol. The number of aryl methyl sites for hydroxylation is 2. The lowest BCUT2D eigenvalue weighted by Crippen LogP contribution is -2.28. The van der Waals surface area contributed by atoms with Gasteiger partial charge in [0.25, 0.3) is 11.8 Å². The van der Waals surface area contributed by atoms with Crippen molar-refractivity contribution >= 4 is 17.5 Å². The minimum atomic E-state index is -0.254. The van der Waals surface area contributed by atoms with Crippen LogP contribution in [0.4, 0.5) is 5.69 Å². The number of carbonyl (C=O) groups is 2. The predicted molar refractivity (Wildman–Crippen MR) is 102 cm³/mol. The molecule has 0 atom stereocenters. The molecule has 0 bridgehead atoms. The van der Waals surface area contributed by atoms with Gasteiger partial charge in [0.05, 0.1) is 5.69 Å². The van der Waals surface area contributed by atoms with Crippen LogP contribution in [-0.4, -0.2) is 27.9 Å². The molecule has 3 rings (SSSR count). The Balaban J connectivity index is 1.90. The number of amides is 2. The molecule has 0 saturated carbocycles. The van der Waals surface area contributed by atoms with Crippen LogP contribution in [-0.2, 0) is 13.0 Å². The third-order valence-electron chi connectivity index (χ3n) is 4.55. The Kier molecular flexibility index (Phi) is 5.40. The number of hydrogen-bond donors (Lipinski definition) is 2. The maximum absolute atomic E-state index is 12.8. The molecule has 6 heteroatoms. The van der Waals surface area contributed by atoms with Gasteiger partial charge in [-0.1, -0.05) is 13.0 Å². The van der Waals surface area contributed by atoms with Crippen LogP contribution >= 0.6 is 0 Å². The molecule has 2 amide bonds. The van der Waals surface area contributed by atoms with E-state index in [0.29, 0.717) is 18.1 Å². The highest BCUT2D eigenvalue weighted by molar-refractivity contribution is 6.05. The van der Waals surface area contributed by atoms with Crippen molar-refractivity contribution in [1.82, 2.24) is 14.9 Å². The number of imidazole rings is 1. The molecule has 1 aliphatic heterocycles. The van der Waals surface area contributed by atoms with E-state index in [1.54, 1.807) is 0 Å². The molecule has 0 fully saturated rings. The first-order valence-electron chi connectivity index (χ1n) is 9.27. The smallest absolute Gasteiger partial charge is 0.287 e. The molecule has 138 valence electrons. The van der Waals surface area contributed by atoms with Crippen molar-refractivity contribution in [2.75, 3.05) is 11.9 Å². The summed E-state index contributed by atoms with van der Waals surface area (Å²) in [6.45, 7) is 7.33. The van der Waals surface area contributed by atoms with Crippen LogP contribution in [0.1, 0.15) is 64.1 Å². The van der Waals surface area contributed by atoms with Crippen LogP contribution in [0.25, 0.3) is 0 Å². The first kappa shape index (κ1) is 18.2. The highest BCUT2D eigenvalue weighted by Crippen LogP contribution is 2.23. The van der Waals surface area contributed by atoms with E-state index < -0.39 is 0 Å². The lowest BCUT2D eigenvalue weighted by atomic mass is 10.1. The summed E-state index contributed by atoms with van der Waals surface area (Å²) in [5.41, 5.74) is 4.16. The van der Waals surface area contributed by atoms with Crippen LogP contribution in [0.2, 0.25) is 0 Å². The summed E-state index contributed by atoms with van der Waals surface area (Å²) in [7, 11) is 0. The van der Waals surface area contributed by atoms with E-state index in [-0.39, 0.29) is 11.8 Å². The number of carbonyl (C=O) groups excluding carboxylic acids is 2. The fraction of sp³-hybridized carbons (Fsp3) is 0.450. The summed E-state index contributed by atoms with van der Waals surface area (Å²) in [5.74, 6) is -0.116. The second-order valence-electron chi connectivity index (χ2n) is 6.93. The molecule has 6 nitrogen and oxygen atoms in total. The Hall–Kier alpha value is -2.63. The quantitative estimate of drug-likeness (QED) is 0.865. The number of aromatic nitrogens is 2. The number of rotatable bonds is 5. The van der Waals surface area contributed by atoms with Gasteiger partial charge < -0.3 is 15.2 Å². The van der Waals surface area contributed by atoms with Crippen molar-refractivity contribution in [3.8, 4) is 0 Å². The molecule has 0 aliphatic carbocycles. The Bertz CT molecular complexity index is 818. The zero-order valence-electron chi connectivity index (χ0n) is 15.7. The summed E-state index contributed by atoms with van der Waals surface area (Å²) in [5, 5.41) is 5.80. The molecular weight excluding hydrogens is 328 g/mol. The molecule has 0 spiro atoms. The molecule has 26 heavy (non-hydrogen) atoms. The van der Waals surface area contributed by atoms with Gasteiger partial charge in [0.1, 0.15) is 0 Å². The average Bonchev–Trinajstić information content (AvgIpc) is 2.98. The summed E-state index contributed by atoms with van der Waals surface area (Å²) in [4.78, 5) is 29.7. The number of anilines is 1. The fourth-order valence-electron chi connectivity index (χ4n) is 3.45. The van der Waals surface area contributed by atoms with Gasteiger partial charge in [0, 0.05) is 18.8 Å². The summed E-state index contributed by atoms with van der Waals surface area (Å²) in [6.07, 6.45) is 3.63. The second kappa shape index (κ2) is 7.72. The molecule has 0 saturated heterocycles. The van der Waals surface area contributed by atoms with Gasteiger partial charge in [-0.25, -0.2) is 4.98 Å². The van der Waals surface area contributed by atoms with Gasteiger partial charge in [-0.15, -0.1) is 0 Å². The maximum atomic E-state index is 12.8. The second-order valence-corrected chi connectivity index (χ2v) is 6.93. The van der Waals surface area contributed by atoms with Crippen LogP contribution in [0, 0.1) is 13.8 Å². The van der Waals surface area contributed by atoms with Gasteiger partial charge in [-0.2, -0.15) is 0 Å². The van der Waals surface area contributed by atoms with E-state index in [0.717, 1.165) is 54.7 Å². The standard InChI is InChI=1S/C20H26N4O2/c1-4-8-21-20(26)18-23-17(16-7-5-6-9-24(16)18)19(25)22-15-11-13(2)10-14(3)12-15/h10-12H,4-9H2,1-3H3,(H,21,26)(H,22,25). The molecule has 0 radical (unpaired) electrons. The van der Waals surface area contributed by atoms with E-state index in [1.165, 1.54) is 0 Å². The highest BCUT2D eigenvalue weighted by atomic mass is 16.2. The molecule has 0 unspecified atom stereocenters. The zero-order chi connectivity index (χ0) is 18.7. The molecule has 1 aromatic carbocycles. The fourth-order valence-corrected chi connectivity index (χ4v) is 3.45. The first-order chi connectivity index (χ1) is 12.5. The largest absolute Gasteiger partial charge is 0.349 e. The van der Waals surface area contributed by atoms with Gasteiger partial charge in [-0.3, -0.25) is 9.59 Å². The molecular formula is C20H26N4O2. The third kappa shape index (κ3) is 3.79. The SMILES string of the molecule is CCCNC(=O)c1nc(C(=O)Nc2cc(C)cc(C)c2)c2n1CCCC2. The van der Waals surface area contributed by atoms with Gasteiger partial charge in [0.15, 0.2) is 11.5 Å². The van der Waals surface area contributed by atoms with Crippen LogP contribution in [0.3, 0.4) is 0 Å². The van der Waals surface area contributed by atoms with Crippen molar-refractivity contribution in [2.45, 2.75) is 53.0 Å². The minimum Gasteiger partial charge on any atom is -0.349 e. The number of nitrogens with one attached hydrogen (secondary N) is 2. The zero-order valence-corrected chi connectivity index (χ0v) is 15.7. The minimum absolute atomic E-state index is 0.208. The Morgan fingerprint density at radius 3 is 2.54 bits per heavy atom. The molecule has 2 aromatic rings. The maximum Gasteiger partial charge on any atom is 0.287 e. The Labute approximate surface area is 154 Å². The van der Waals surface area contributed by atoms with Gasteiger partial charge >= 0.3 is 0 Å². The van der Waals surface area contributed by atoms with Crippen molar-refractivity contribution in [3.63, 3.8) is 0 Å². The van der Waals surface area contributed by atoms with Gasteiger partial charge in [0.2, 0.25) is 0 Å². The lowest BCUT2D eigenvalue weighted by Gasteiger charge is -2.17. The van der Waals surface area contributed by atoms with Crippen molar-refractivity contribution in [1.29, 1.82) is 0 Å². The van der Waals surface area contributed by atoms with E-state index in [2.05, 4.69) is 21.7 Å². The summed E-state index contributed by atoms with van der Waals surface area (Å²) in [6, 6.07) is 5.93. The van der Waals surface area contributed by atoms with E-state index >= 15 is 0 Å². The normalized spacial score (nSPS) is 13.2. The summed E-state index contributed by atoms with van der Waals surface area (Å²) < 4.78 is 1.91. The third-order valence-corrected chi connectivity index (χ3v) is 4.55. The van der Waals surface area contributed by atoms with Crippen LogP contribution in [0.5, 0.6) is 0 Å². The van der Waals surface area contributed by atoms with Gasteiger partial charge in [-0.05, 0) is 62.8 Å². The molecule has 2 N–H and O–H groups in total. The molecule has 1 aliphatic rings. The molecule has 1 aromatic heterocycles. The Morgan fingerprint density at radius 2 is 1.85 bits per heavy atom. The van der Waals surface area contributed by atoms with Crippen molar-refractivity contribution in [2.24, 2.45) is 0 Å². The summed E-state index contributed by atoms with van der Waals surface area (Å²) >= 11 is 0. The predicted octanol–water partition coefficient (Wildman–Crippen LogP) is 3.23. The van der Waals surface area contributed by atoms with Crippen molar-refractivity contribution < 1.29 is 9.59 Å². The molecule has 2 heterocycles. The van der Waals surface area contributed by atoms with E-state index in [9.17, 15) is 9.59 Å². The lowest BCUT2D eigenvalue weighted by molar-refractivity contribution is 0.0937. The van der Waals surface area contributed by atoms with E-state index in [4.69, 9.17) is 0 Å². The average molecular weight is 354 g/mol. The number of fused-ring (bicyclic) bond motifs is 1. The van der Waals surface area contributed by atoms with Crippen LogP contribution < -0.4 is 10.6 Å². The Morgan fingerprint density at radius 1 is 1.12 bits per heavy atom. The van der Waals surface area contributed by atoms with Crippen molar-refractivity contribution in [3.05, 3.63) is 46.5 Å². The number of benzene rings is 1. The van der Waals surface area contributed by atoms with E-state index in [1.807, 2.05) is 37.5 Å². The number of hydrogen-bond acceptors (Lipinski definition) is 3. The topological polar surface area (TPSA) is 76.0 Å². The number of nitrogens with zero attached hydrogens (tertiary/aromatic N) is 2. The highest BCUT2D eigenvalue weighted by Gasteiger charge is 2.27. The van der Waals surface area contributed by atoms with Crippen LogP contribution in [0.15, 0.2) is 18.2 Å².